The van der Waals surface area contributed by atoms with Crippen LogP contribution in [0.4, 0.5) is 0 Å². The lowest BCUT2D eigenvalue weighted by Gasteiger charge is -2.09. The number of aromatic nitrogens is 2. The van der Waals surface area contributed by atoms with Crippen LogP contribution < -0.4 is 11.1 Å². The number of carboxylic acid groups (broad SMARTS) is 1. The molecule has 0 saturated carbocycles. The number of carbonyl (C=O) groups excluding carboxylic acids is 1. The standard InChI is InChI=1S/C9H14N4O4/c10-1-2-13-3-6(11-5-13)8(15)12-7(4-14)9(16)17/h3,5,7,14H,1-2,4,10H2,(H,12,15)(H,16,17). The number of carboxylic acids is 1. The second kappa shape index (κ2) is 5.97. The summed E-state index contributed by atoms with van der Waals surface area (Å²) in [6, 6.07) is -1.33. The fraction of sp³-hybridized carbons (Fsp3) is 0.444. The molecule has 1 aromatic heterocycles. The van der Waals surface area contributed by atoms with Crippen LogP contribution in [-0.2, 0) is 11.3 Å². The highest BCUT2D eigenvalue weighted by Crippen LogP contribution is 1.97. The minimum atomic E-state index is -1.33. The van der Waals surface area contributed by atoms with Gasteiger partial charge in [0.2, 0.25) is 0 Å². The van der Waals surface area contributed by atoms with E-state index in [1.165, 1.54) is 12.5 Å². The van der Waals surface area contributed by atoms with E-state index in [-0.39, 0.29) is 5.69 Å². The smallest absolute Gasteiger partial charge is 0.328 e. The number of rotatable bonds is 6. The molecule has 0 aromatic carbocycles. The number of aliphatic hydroxyl groups is 1. The third kappa shape index (κ3) is 3.54. The predicted octanol–water partition coefficient (Wildman–Crippen LogP) is -1.98. The molecule has 1 rings (SSSR count). The molecule has 1 heterocycles. The van der Waals surface area contributed by atoms with Gasteiger partial charge in [0.05, 0.1) is 12.9 Å². The number of nitrogens with one attached hydrogen (secondary N) is 1. The molecule has 17 heavy (non-hydrogen) atoms. The molecule has 1 atom stereocenters. The van der Waals surface area contributed by atoms with Crippen LogP contribution in [0.5, 0.6) is 0 Å². The molecule has 5 N–H and O–H groups in total. The Morgan fingerprint density at radius 1 is 1.59 bits per heavy atom. The van der Waals surface area contributed by atoms with Gasteiger partial charge in [-0.3, -0.25) is 4.79 Å². The average molecular weight is 242 g/mol. The largest absolute Gasteiger partial charge is 0.480 e. The van der Waals surface area contributed by atoms with Gasteiger partial charge in [-0.1, -0.05) is 0 Å². The summed E-state index contributed by atoms with van der Waals surface area (Å²) in [6.07, 6.45) is 2.88. The zero-order valence-corrected chi connectivity index (χ0v) is 9.04. The maximum absolute atomic E-state index is 11.5. The van der Waals surface area contributed by atoms with Crippen LogP contribution in [0.1, 0.15) is 10.5 Å². The van der Waals surface area contributed by atoms with Gasteiger partial charge in [0.15, 0.2) is 6.04 Å². The lowest BCUT2D eigenvalue weighted by Crippen LogP contribution is -2.43. The summed E-state index contributed by atoms with van der Waals surface area (Å²) in [4.78, 5) is 25.9. The summed E-state index contributed by atoms with van der Waals surface area (Å²) in [5, 5.41) is 19.5. The highest BCUT2D eigenvalue weighted by atomic mass is 16.4. The second-order valence-electron chi connectivity index (χ2n) is 3.33. The van der Waals surface area contributed by atoms with Crippen LogP contribution in [0.25, 0.3) is 0 Å². The topological polar surface area (TPSA) is 130 Å². The lowest BCUT2D eigenvalue weighted by atomic mass is 10.3. The van der Waals surface area contributed by atoms with Crippen LogP contribution in [0.3, 0.4) is 0 Å². The van der Waals surface area contributed by atoms with Crippen molar-refractivity contribution in [2.45, 2.75) is 12.6 Å². The number of hydrogen-bond donors (Lipinski definition) is 4. The van der Waals surface area contributed by atoms with Crippen LogP contribution >= 0.6 is 0 Å². The predicted molar refractivity (Wildman–Crippen MR) is 57.3 cm³/mol. The number of amides is 1. The number of hydrogen-bond acceptors (Lipinski definition) is 5. The Kier molecular flexibility index (Phi) is 4.61. The van der Waals surface area contributed by atoms with E-state index < -0.39 is 24.5 Å². The minimum Gasteiger partial charge on any atom is -0.480 e. The van der Waals surface area contributed by atoms with Crippen molar-refractivity contribution < 1.29 is 19.8 Å². The molecule has 94 valence electrons. The first-order chi connectivity index (χ1) is 8.08. The van der Waals surface area contributed by atoms with Crippen LogP contribution in [0.2, 0.25) is 0 Å². The molecule has 8 nitrogen and oxygen atoms in total. The van der Waals surface area contributed by atoms with Gasteiger partial charge in [0.25, 0.3) is 5.91 Å². The van der Waals surface area contributed by atoms with Crippen molar-refractivity contribution in [1.29, 1.82) is 0 Å². The SMILES string of the molecule is NCCn1cnc(C(=O)NC(CO)C(=O)O)c1. The minimum absolute atomic E-state index is 0.0816. The van der Waals surface area contributed by atoms with Crippen molar-refractivity contribution >= 4 is 11.9 Å². The summed E-state index contributed by atoms with van der Waals surface area (Å²) in [7, 11) is 0. The molecular weight excluding hydrogens is 228 g/mol. The Balaban J connectivity index is 2.65. The molecule has 1 aromatic rings. The average Bonchev–Trinajstić information content (AvgIpc) is 2.74. The highest BCUT2D eigenvalue weighted by molar-refractivity contribution is 5.94. The van der Waals surface area contributed by atoms with Crippen molar-refractivity contribution in [2.24, 2.45) is 5.73 Å². The Hall–Kier alpha value is -1.93. The molecule has 8 heteroatoms. The van der Waals surface area contributed by atoms with Crippen LogP contribution in [0, 0.1) is 0 Å². The fourth-order valence-electron chi connectivity index (χ4n) is 1.17. The quantitative estimate of drug-likeness (QED) is 0.457. The molecular formula is C9H14N4O4. The Morgan fingerprint density at radius 3 is 2.82 bits per heavy atom. The van der Waals surface area contributed by atoms with Crippen LogP contribution in [-0.4, -0.2) is 50.8 Å². The molecule has 0 aliphatic carbocycles. The maximum atomic E-state index is 11.5. The van der Waals surface area contributed by atoms with E-state index in [9.17, 15) is 9.59 Å². The van der Waals surface area contributed by atoms with Gasteiger partial charge in [-0.05, 0) is 0 Å². The first kappa shape index (κ1) is 13.1. The third-order valence-electron chi connectivity index (χ3n) is 2.04. The van der Waals surface area contributed by atoms with Crippen molar-refractivity contribution in [3.05, 3.63) is 18.2 Å². The number of imidazole rings is 1. The van der Waals surface area contributed by atoms with E-state index in [0.29, 0.717) is 13.1 Å². The third-order valence-corrected chi connectivity index (χ3v) is 2.04. The zero-order valence-electron chi connectivity index (χ0n) is 9.04. The highest BCUT2D eigenvalue weighted by Gasteiger charge is 2.20. The van der Waals surface area contributed by atoms with Gasteiger partial charge in [0.1, 0.15) is 5.69 Å². The Labute approximate surface area is 97.1 Å². The van der Waals surface area contributed by atoms with Gasteiger partial charge < -0.3 is 25.8 Å². The summed E-state index contributed by atoms with van der Waals surface area (Å²) < 4.78 is 1.61. The first-order valence-electron chi connectivity index (χ1n) is 4.95. The summed E-state index contributed by atoms with van der Waals surface area (Å²) >= 11 is 0. The van der Waals surface area contributed by atoms with Crippen molar-refractivity contribution in [2.75, 3.05) is 13.2 Å². The molecule has 0 radical (unpaired) electrons. The normalized spacial score (nSPS) is 12.1. The van der Waals surface area contributed by atoms with Crippen LogP contribution in [0.15, 0.2) is 12.5 Å². The van der Waals surface area contributed by atoms with E-state index in [0.717, 1.165) is 0 Å². The zero-order chi connectivity index (χ0) is 12.8. The van der Waals surface area contributed by atoms with Gasteiger partial charge in [-0.2, -0.15) is 0 Å². The fourth-order valence-corrected chi connectivity index (χ4v) is 1.17. The molecule has 1 unspecified atom stereocenters. The van der Waals surface area contributed by atoms with E-state index in [4.69, 9.17) is 15.9 Å². The van der Waals surface area contributed by atoms with Gasteiger partial charge in [0, 0.05) is 19.3 Å². The lowest BCUT2D eigenvalue weighted by molar-refractivity contribution is -0.140. The Bertz CT molecular complexity index is 403. The molecule has 0 aliphatic rings. The maximum Gasteiger partial charge on any atom is 0.328 e. The number of nitrogens with zero attached hydrogens (tertiary/aromatic N) is 2. The molecule has 1 amide bonds. The molecule has 0 spiro atoms. The number of nitrogens with two attached hydrogens (primary N) is 1. The monoisotopic (exact) mass is 242 g/mol. The van der Waals surface area contributed by atoms with E-state index >= 15 is 0 Å². The summed E-state index contributed by atoms with van der Waals surface area (Å²) in [6.45, 7) is 0.249. The van der Waals surface area contributed by atoms with Crippen molar-refractivity contribution in [3.8, 4) is 0 Å². The Morgan fingerprint density at radius 2 is 2.29 bits per heavy atom. The number of aliphatic hydroxyl groups excluding tert-OH is 1. The van der Waals surface area contributed by atoms with Crippen molar-refractivity contribution in [1.82, 2.24) is 14.9 Å². The number of carbonyl (C=O) groups is 2. The summed E-state index contributed by atoms with van der Waals surface area (Å²) in [5.74, 6) is -1.95. The first-order valence-corrected chi connectivity index (χ1v) is 4.95. The van der Waals surface area contributed by atoms with E-state index in [1.807, 2.05) is 0 Å². The molecule has 0 bridgehead atoms. The van der Waals surface area contributed by atoms with Gasteiger partial charge in [-0.25, -0.2) is 9.78 Å². The van der Waals surface area contributed by atoms with Gasteiger partial charge in [-0.15, -0.1) is 0 Å². The van der Waals surface area contributed by atoms with E-state index in [2.05, 4.69) is 10.3 Å². The second-order valence-corrected chi connectivity index (χ2v) is 3.33. The van der Waals surface area contributed by atoms with Crippen molar-refractivity contribution in [3.63, 3.8) is 0 Å². The van der Waals surface area contributed by atoms with E-state index in [1.54, 1.807) is 4.57 Å². The molecule has 0 aliphatic heterocycles. The number of aliphatic carboxylic acids is 1. The molecule has 0 saturated heterocycles. The summed E-state index contributed by atoms with van der Waals surface area (Å²) in [5.41, 5.74) is 5.41. The molecule has 0 fully saturated rings. The van der Waals surface area contributed by atoms with Gasteiger partial charge >= 0.3 is 5.97 Å².